The third kappa shape index (κ3) is 2.23. The molecule has 0 saturated carbocycles. The van der Waals surface area contributed by atoms with Crippen molar-refractivity contribution in [2.75, 3.05) is 0 Å². The Bertz CT molecular complexity index is 526. The van der Waals surface area contributed by atoms with E-state index in [2.05, 4.69) is 4.99 Å². The number of rotatable bonds is 2. The lowest BCUT2D eigenvalue weighted by molar-refractivity contribution is -0.115. The van der Waals surface area contributed by atoms with E-state index >= 15 is 0 Å². The first-order valence-corrected chi connectivity index (χ1v) is 5.46. The summed E-state index contributed by atoms with van der Waals surface area (Å²) in [5.74, 6) is -1.11. The molecule has 1 aromatic rings. The number of nitrogens with zero attached hydrogens (tertiary/aromatic N) is 1. The minimum atomic E-state index is -0.749. The van der Waals surface area contributed by atoms with Gasteiger partial charge in [0.1, 0.15) is 5.92 Å². The average Bonchev–Trinajstić information content (AvgIpc) is 2.28. The molecule has 0 bridgehead atoms. The van der Waals surface area contributed by atoms with Crippen LogP contribution in [0.2, 0.25) is 0 Å². The molecule has 0 radical (unpaired) electrons. The summed E-state index contributed by atoms with van der Waals surface area (Å²) in [4.78, 5) is 28.2. The zero-order chi connectivity index (χ0) is 12.4. The van der Waals surface area contributed by atoms with Gasteiger partial charge in [0.05, 0.1) is 0 Å². The Morgan fingerprint density at radius 3 is 2.41 bits per heavy atom. The minimum absolute atomic E-state index is 0.177. The standard InChI is InChI=1S/C14H13NO2/c1-9-8-12(16)13(10(2)15-9)14(17)11-6-4-3-5-7-11/h3-8,13H,1-2H3. The van der Waals surface area contributed by atoms with Crippen LogP contribution in [0.15, 0.2) is 47.1 Å². The Morgan fingerprint density at radius 1 is 1.18 bits per heavy atom. The highest BCUT2D eigenvalue weighted by Crippen LogP contribution is 2.18. The third-order valence-electron chi connectivity index (χ3n) is 2.73. The number of carbonyl (C=O) groups excluding carboxylic acids is 2. The van der Waals surface area contributed by atoms with Gasteiger partial charge in [-0.05, 0) is 13.8 Å². The summed E-state index contributed by atoms with van der Waals surface area (Å²) in [5.41, 5.74) is 1.78. The monoisotopic (exact) mass is 227 g/mol. The molecule has 1 atom stereocenters. The van der Waals surface area contributed by atoms with Gasteiger partial charge in [-0.15, -0.1) is 0 Å². The lowest BCUT2D eigenvalue weighted by Gasteiger charge is -2.16. The van der Waals surface area contributed by atoms with Crippen LogP contribution in [0, 0.1) is 5.92 Å². The first-order valence-electron chi connectivity index (χ1n) is 5.46. The molecule has 1 unspecified atom stereocenters. The van der Waals surface area contributed by atoms with Crippen molar-refractivity contribution in [3.05, 3.63) is 47.7 Å². The van der Waals surface area contributed by atoms with Gasteiger partial charge in [-0.2, -0.15) is 0 Å². The Kier molecular flexibility index (Phi) is 3.00. The Balaban J connectivity index is 2.34. The minimum Gasteiger partial charge on any atom is -0.294 e. The number of aliphatic imine (C=N–C) groups is 1. The fraction of sp³-hybridized carbons (Fsp3) is 0.214. The van der Waals surface area contributed by atoms with E-state index in [0.717, 1.165) is 0 Å². The molecule has 17 heavy (non-hydrogen) atoms. The van der Waals surface area contributed by atoms with Crippen LogP contribution < -0.4 is 0 Å². The van der Waals surface area contributed by atoms with E-state index in [0.29, 0.717) is 17.0 Å². The summed E-state index contributed by atoms with van der Waals surface area (Å²) in [7, 11) is 0. The Hall–Kier alpha value is -2.03. The molecule has 1 heterocycles. The smallest absolute Gasteiger partial charge is 0.179 e. The van der Waals surface area contributed by atoms with E-state index in [1.54, 1.807) is 38.1 Å². The molecular formula is C14H13NO2. The summed E-state index contributed by atoms with van der Waals surface area (Å²) < 4.78 is 0. The molecule has 1 aliphatic rings. The molecule has 1 aliphatic heterocycles. The van der Waals surface area contributed by atoms with Gasteiger partial charge in [0.2, 0.25) is 0 Å². The first-order chi connectivity index (χ1) is 8.09. The molecule has 0 N–H and O–H groups in total. The van der Waals surface area contributed by atoms with Crippen LogP contribution in [-0.2, 0) is 4.79 Å². The quantitative estimate of drug-likeness (QED) is 0.575. The average molecular weight is 227 g/mol. The molecule has 0 aromatic heterocycles. The highest BCUT2D eigenvalue weighted by molar-refractivity contribution is 6.28. The molecule has 0 spiro atoms. The van der Waals surface area contributed by atoms with Gasteiger partial charge in [-0.1, -0.05) is 30.3 Å². The van der Waals surface area contributed by atoms with E-state index in [1.807, 2.05) is 6.07 Å². The van der Waals surface area contributed by atoms with Crippen molar-refractivity contribution in [3.63, 3.8) is 0 Å². The maximum absolute atomic E-state index is 12.2. The zero-order valence-corrected chi connectivity index (χ0v) is 9.81. The fourth-order valence-electron chi connectivity index (χ4n) is 1.96. The molecule has 1 aromatic carbocycles. The number of hydrogen-bond acceptors (Lipinski definition) is 3. The van der Waals surface area contributed by atoms with Crippen molar-refractivity contribution < 1.29 is 9.59 Å². The van der Waals surface area contributed by atoms with Crippen molar-refractivity contribution >= 4 is 17.3 Å². The van der Waals surface area contributed by atoms with Crippen LogP contribution in [0.3, 0.4) is 0 Å². The second kappa shape index (κ2) is 4.45. The first kappa shape index (κ1) is 11.5. The molecule has 3 heteroatoms. The summed E-state index contributed by atoms with van der Waals surface area (Å²) >= 11 is 0. The van der Waals surface area contributed by atoms with Gasteiger partial charge in [0, 0.05) is 23.0 Å². The van der Waals surface area contributed by atoms with Crippen LogP contribution in [0.5, 0.6) is 0 Å². The molecule has 0 saturated heterocycles. The Morgan fingerprint density at radius 2 is 1.82 bits per heavy atom. The van der Waals surface area contributed by atoms with Crippen molar-refractivity contribution in [3.8, 4) is 0 Å². The molecule has 0 aliphatic carbocycles. The summed E-state index contributed by atoms with van der Waals surface area (Å²) in [6.45, 7) is 3.48. The van der Waals surface area contributed by atoms with E-state index < -0.39 is 5.92 Å². The molecular weight excluding hydrogens is 214 g/mol. The highest BCUT2D eigenvalue weighted by atomic mass is 16.1. The highest BCUT2D eigenvalue weighted by Gasteiger charge is 2.31. The Labute approximate surface area is 99.9 Å². The van der Waals surface area contributed by atoms with Crippen molar-refractivity contribution in [1.82, 2.24) is 0 Å². The maximum Gasteiger partial charge on any atom is 0.179 e. The van der Waals surface area contributed by atoms with Crippen LogP contribution in [0.4, 0.5) is 0 Å². The third-order valence-corrected chi connectivity index (χ3v) is 2.73. The topological polar surface area (TPSA) is 46.5 Å². The van der Waals surface area contributed by atoms with Crippen LogP contribution >= 0.6 is 0 Å². The van der Waals surface area contributed by atoms with Gasteiger partial charge in [-0.25, -0.2) is 0 Å². The predicted molar refractivity (Wildman–Crippen MR) is 66.1 cm³/mol. The maximum atomic E-state index is 12.2. The molecule has 0 fully saturated rings. The van der Waals surface area contributed by atoms with E-state index in [9.17, 15) is 9.59 Å². The van der Waals surface area contributed by atoms with Crippen molar-refractivity contribution in [1.29, 1.82) is 0 Å². The lowest BCUT2D eigenvalue weighted by Crippen LogP contribution is -2.31. The van der Waals surface area contributed by atoms with E-state index in [1.165, 1.54) is 6.08 Å². The lowest BCUT2D eigenvalue weighted by atomic mass is 9.88. The molecule has 3 nitrogen and oxygen atoms in total. The van der Waals surface area contributed by atoms with Gasteiger partial charge < -0.3 is 0 Å². The van der Waals surface area contributed by atoms with Crippen molar-refractivity contribution in [2.45, 2.75) is 13.8 Å². The van der Waals surface area contributed by atoms with Gasteiger partial charge in [0.15, 0.2) is 11.6 Å². The molecule has 86 valence electrons. The summed E-state index contributed by atoms with van der Waals surface area (Å²) in [6, 6.07) is 8.84. The summed E-state index contributed by atoms with van der Waals surface area (Å²) in [5, 5.41) is 0. The van der Waals surface area contributed by atoms with Crippen LogP contribution in [-0.4, -0.2) is 17.3 Å². The fourth-order valence-corrected chi connectivity index (χ4v) is 1.96. The number of hydrogen-bond donors (Lipinski definition) is 0. The molecule has 2 rings (SSSR count). The second-order valence-corrected chi connectivity index (χ2v) is 4.10. The van der Waals surface area contributed by atoms with Crippen LogP contribution in [0.25, 0.3) is 0 Å². The van der Waals surface area contributed by atoms with Gasteiger partial charge >= 0.3 is 0 Å². The predicted octanol–water partition coefficient (Wildman–Crippen LogP) is 2.43. The number of allylic oxidation sites excluding steroid dienone is 2. The number of ketones is 2. The van der Waals surface area contributed by atoms with Crippen molar-refractivity contribution in [2.24, 2.45) is 10.9 Å². The molecule has 0 amide bonds. The zero-order valence-electron chi connectivity index (χ0n) is 9.81. The number of carbonyl (C=O) groups is 2. The second-order valence-electron chi connectivity index (χ2n) is 4.10. The van der Waals surface area contributed by atoms with Gasteiger partial charge in [-0.3, -0.25) is 14.6 Å². The van der Waals surface area contributed by atoms with Gasteiger partial charge in [0.25, 0.3) is 0 Å². The van der Waals surface area contributed by atoms with Crippen LogP contribution in [0.1, 0.15) is 24.2 Å². The summed E-state index contributed by atoms with van der Waals surface area (Å²) in [6.07, 6.45) is 1.43. The van der Waals surface area contributed by atoms with E-state index in [4.69, 9.17) is 0 Å². The normalized spacial score (nSPS) is 19.6. The van der Waals surface area contributed by atoms with E-state index in [-0.39, 0.29) is 11.6 Å². The number of benzene rings is 1. The largest absolute Gasteiger partial charge is 0.294 e. The number of Topliss-reactive ketones (excluding diaryl/α,β-unsaturated/α-hetero) is 1. The SMILES string of the molecule is CC1=CC(=O)C(C(=O)c2ccccc2)C(C)=N1.